The van der Waals surface area contributed by atoms with E-state index in [0.29, 0.717) is 11.3 Å². The standard InChI is InChI=1S/C19H17N3O2/c1-19(2)15-9-12(6-7-16(15)22-18(19)24)10-17(23)21-14-5-3-4-13(8-14)11-20/h3-9H,10H2,1-2H3,(H,21,23)(H,22,24). The fourth-order valence-corrected chi connectivity index (χ4v) is 2.79. The first-order valence-corrected chi connectivity index (χ1v) is 7.65. The molecule has 0 aliphatic carbocycles. The molecule has 1 aliphatic heterocycles. The normalized spacial score (nSPS) is 14.5. The maximum absolute atomic E-state index is 12.2. The number of hydrogen-bond acceptors (Lipinski definition) is 3. The molecule has 5 heteroatoms. The van der Waals surface area contributed by atoms with E-state index in [-0.39, 0.29) is 18.2 Å². The minimum absolute atomic E-state index is 0.0348. The number of carbonyl (C=O) groups excluding carboxylic acids is 2. The molecule has 0 atom stereocenters. The molecule has 2 aromatic carbocycles. The smallest absolute Gasteiger partial charge is 0.234 e. The van der Waals surface area contributed by atoms with Crippen molar-refractivity contribution >= 4 is 23.2 Å². The van der Waals surface area contributed by atoms with E-state index in [0.717, 1.165) is 16.8 Å². The Labute approximate surface area is 140 Å². The third-order valence-corrected chi connectivity index (χ3v) is 4.21. The van der Waals surface area contributed by atoms with E-state index < -0.39 is 5.41 Å². The minimum atomic E-state index is -0.594. The Hall–Kier alpha value is -3.13. The number of anilines is 2. The number of carbonyl (C=O) groups is 2. The molecule has 5 nitrogen and oxygen atoms in total. The first kappa shape index (κ1) is 15.8. The van der Waals surface area contributed by atoms with Crippen LogP contribution in [0.4, 0.5) is 11.4 Å². The molecule has 0 bridgehead atoms. The molecule has 3 rings (SSSR count). The van der Waals surface area contributed by atoms with Crippen LogP contribution in [0.3, 0.4) is 0 Å². The zero-order chi connectivity index (χ0) is 17.3. The number of rotatable bonds is 3. The van der Waals surface area contributed by atoms with E-state index in [9.17, 15) is 9.59 Å². The highest BCUT2D eigenvalue weighted by Crippen LogP contribution is 2.37. The molecule has 0 radical (unpaired) electrons. The van der Waals surface area contributed by atoms with Crippen LogP contribution in [0.15, 0.2) is 42.5 Å². The topological polar surface area (TPSA) is 82.0 Å². The molecular weight excluding hydrogens is 302 g/mol. The Bertz CT molecular complexity index is 878. The summed E-state index contributed by atoms with van der Waals surface area (Å²) in [6.07, 6.45) is 0.203. The summed E-state index contributed by atoms with van der Waals surface area (Å²) in [5.74, 6) is -0.201. The van der Waals surface area contributed by atoms with Crippen molar-refractivity contribution in [3.05, 3.63) is 59.2 Å². The minimum Gasteiger partial charge on any atom is -0.326 e. The van der Waals surface area contributed by atoms with Crippen LogP contribution in [0.25, 0.3) is 0 Å². The first-order valence-electron chi connectivity index (χ1n) is 7.65. The molecule has 2 amide bonds. The van der Waals surface area contributed by atoms with Gasteiger partial charge in [0.15, 0.2) is 0 Å². The summed E-state index contributed by atoms with van der Waals surface area (Å²) < 4.78 is 0. The van der Waals surface area contributed by atoms with E-state index in [4.69, 9.17) is 5.26 Å². The monoisotopic (exact) mass is 319 g/mol. The van der Waals surface area contributed by atoms with E-state index in [1.807, 2.05) is 38.1 Å². The van der Waals surface area contributed by atoms with E-state index in [1.165, 1.54) is 0 Å². The predicted molar refractivity (Wildman–Crippen MR) is 91.6 cm³/mol. The van der Waals surface area contributed by atoms with Crippen LogP contribution in [0.2, 0.25) is 0 Å². The maximum atomic E-state index is 12.2. The molecule has 1 heterocycles. The van der Waals surface area contributed by atoms with Crippen molar-refractivity contribution in [2.75, 3.05) is 10.6 Å². The van der Waals surface area contributed by atoms with Gasteiger partial charge < -0.3 is 10.6 Å². The summed E-state index contributed by atoms with van der Waals surface area (Å²) in [6.45, 7) is 3.73. The molecule has 24 heavy (non-hydrogen) atoms. The van der Waals surface area contributed by atoms with Gasteiger partial charge in [-0.2, -0.15) is 5.26 Å². The van der Waals surface area contributed by atoms with E-state index >= 15 is 0 Å². The summed E-state index contributed by atoms with van der Waals surface area (Å²) >= 11 is 0. The van der Waals surface area contributed by atoms with Crippen LogP contribution in [-0.2, 0) is 21.4 Å². The van der Waals surface area contributed by atoms with Crippen molar-refractivity contribution in [3.8, 4) is 6.07 Å². The Kier molecular flexibility index (Phi) is 3.82. The maximum Gasteiger partial charge on any atom is 0.234 e. The van der Waals surface area contributed by atoms with Crippen molar-refractivity contribution in [2.45, 2.75) is 25.7 Å². The number of nitrogens with zero attached hydrogens (tertiary/aromatic N) is 1. The van der Waals surface area contributed by atoms with Crippen LogP contribution in [-0.4, -0.2) is 11.8 Å². The highest BCUT2D eigenvalue weighted by molar-refractivity contribution is 6.05. The molecule has 0 saturated heterocycles. The predicted octanol–water partition coefficient (Wildman–Crippen LogP) is 2.97. The van der Waals surface area contributed by atoms with Crippen molar-refractivity contribution < 1.29 is 9.59 Å². The molecule has 1 aliphatic rings. The van der Waals surface area contributed by atoms with Gasteiger partial charge in [-0.15, -0.1) is 0 Å². The molecule has 0 unspecified atom stereocenters. The van der Waals surface area contributed by atoms with Crippen LogP contribution >= 0.6 is 0 Å². The van der Waals surface area contributed by atoms with Gasteiger partial charge in [0.1, 0.15) is 0 Å². The highest BCUT2D eigenvalue weighted by Gasteiger charge is 2.38. The number of nitriles is 1. The van der Waals surface area contributed by atoms with E-state index in [1.54, 1.807) is 24.3 Å². The van der Waals surface area contributed by atoms with Gasteiger partial charge in [0.05, 0.1) is 23.5 Å². The van der Waals surface area contributed by atoms with Crippen molar-refractivity contribution in [2.24, 2.45) is 0 Å². The summed E-state index contributed by atoms with van der Waals surface area (Å²) in [7, 11) is 0. The first-order chi connectivity index (χ1) is 11.4. The van der Waals surface area contributed by atoms with Gasteiger partial charge in [-0.3, -0.25) is 9.59 Å². The van der Waals surface area contributed by atoms with Gasteiger partial charge in [-0.05, 0) is 49.2 Å². The third-order valence-electron chi connectivity index (χ3n) is 4.21. The average molecular weight is 319 g/mol. The Morgan fingerprint density at radius 3 is 2.79 bits per heavy atom. The fraction of sp³-hybridized carbons (Fsp3) is 0.211. The van der Waals surface area contributed by atoms with Crippen LogP contribution in [0.1, 0.15) is 30.5 Å². The second-order valence-electron chi connectivity index (χ2n) is 6.38. The van der Waals surface area contributed by atoms with Gasteiger partial charge in [-0.1, -0.05) is 18.2 Å². The van der Waals surface area contributed by atoms with Crippen LogP contribution < -0.4 is 10.6 Å². The molecular formula is C19H17N3O2. The molecule has 2 N–H and O–H groups in total. The SMILES string of the molecule is CC1(C)C(=O)Nc2ccc(CC(=O)Nc3cccc(C#N)c3)cc21. The summed E-state index contributed by atoms with van der Waals surface area (Å²) in [5, 5.41) is 14.5. The third kappa shape index (κ3) is 2.86. The lowest BCUT2D eigenvalue weighted by atomic mass is 9.85. The largest absolute Gasteiger partial charge is 0.326 e. The second-order valence-corrected chi connectivity index (χ2v) is 6.38. The molecule has 0 fully saturated rings. The number of fused-ring (bicyclic) bond motifs is 1. The Balaban J connectivity index is 1.75. The lowest BCUT2D eigenvalue weighted by molar-refractivity contribution is -0.119. The lowest BCUT2D eigenvalue weighted by Gasteiger charge is -2.15. The molecule has 2 aromatic rings. The second kappa shape index (κ2) is 5.82. The summed E-state index contributed by atoms with van der Waals surface area (Å²) in [4.78, 5) is 24.2. The molecule has 0 aromatic heterocycles. The molecule has 0 saturated carbocycles. The van der Waals surface area contributed by atoms with Crippen LogP contribution in [0.5, 0.6) is 0 Å². The lowest BCUT2D eigenvalue weighted by Crippen LogP contribution is -2.27. The van der Waals surface area contributed by atoms with Gasteiger partial charge in [-0.25, -0.2) is 0 Å². The number of benzene rings is 2. The van der Waals surface area contributed by atoms with E-state index in [2.05, 4.69) is 10.6 Å². The Morgan fingerprint density at radius 1 is 1.25 bits per heavy atom. The van der Waals surface area contributed by atoms with Crippen molar-refractivity contribution in [1.29, 1.82) is 5.26 Å². The fourth-order valence-electron chi connectivity index (χ4n) is 2.79. The average Bonchev–Trinajstić information content (AvgIpc) is 2.77. The van der Waals surface area contributed by atoms with Gasteiger partial charge in [0.25, 0.3) is 0 Å². The quantitative estimate of drug-likeness (QED) is 0.912. The van der Waals surface area contributed by atoms with Crippen LogP contribution in [0, 0.1) is 11.3 Å². The molecule has 120 valence electrons. The number of amides is 2. The van der Waals surface area contributed by atoms with Crippen molar-refractivity contribution in [3.63, 3.8) is 0 Å². The Morgan fingerprint density at radius 2 is 2.04 bits per heavy atom. The van der Waals surface area contributed by atoms with Crippen molar-refractivity contribution in [1.82, 2.24) is 0 Å². The highest BCUT2D eigenvalue weighted by atomic mass is 16.2. The summed E-state index contributed by atoms with van der Waals surface area (Å²) in [6, 6.07) is 14.4. The zero-order valence-corrected chi connectivity index (χ0v) is 13.5. The number of hydrogen-bond donors (Lipinski definition) is 2. The summed E-state index contributed by atoms with van der Waals surface area (Å²) in [5.41, 5.74) is 3.05. The van der Waals surface area contributed by atoms with Gasteiger partial charge in [0, 0.05) is 11.4 Å². The zero-order valence-electron chi connectivity index (χ0n) is 13.5. The van der Waals surface area contributed by atoms with Gasteiger partial charge in [0.2, 0.25) is 11.8 Å². The molecule has 0 spiro atoms. The van der Waals surface area contributed by atoms with Gasteiger partial charge >= 0.3 is 0 Å². The number of nitrogens with one attached hydrogen (secondary N) is 2.